The summed E-state index contributed by atoms with van der Waals surface area (Å²) in [4.78, 5) is 36.3. The summed E-state index contributed by atoms with van der Waals surface area (Å²) in [6, 6.07) is 2.44. The van der Waals surface area contributed by atoms with Crippen molar-refractivity contribution in [2.45, 2.75) is 43.9 Å². The minimum Gasteiger partial charge on any atom is -0.298 e. The number of benzene rings is 1. The van der Waals surface area contributed by atoms with Crippen LogP contribution in [0.4, 0.5) is 0 Å². The van der Waals surface area contributed by atoms with Crippen LogP contribution in [0.2, 0.25) is 10.0 Å². The van der Waals surface area contributed by atoms with E-state index in [0.29, 0.717) is 19.3 Å². The molecular formula is C17H18Cl2O5S. The minimum absolute atomic E-state index is 0.0769. The molecule has 0 heterocycles. The van der Waals surface area contributed by atoms with Crippen LogP contribution in [0.15, 0.2) is 17.0 Å². The molecule has 0 radical (unpaired) electrons. The predicted molar refractivity (Wildman–Crippen MR) is 95.1 cm³/mol. The summed E-state index contributed by atoms with van der Waals surface area (Å²) < 4.78 is 24.6. The van der Waals surface area contributed by atoms with Gasteiger partial charge in [-0.15, -0.1) is 0 Å². The number of hydrogen-bond acceptors (Lipinski definition) is 5. The fourth-order valence-electron chi connectivity index (χ4n) is 2.76. The van der Waals surface area contributed by atoms with Gasteiger partial charge >= 0.3 is 0 Å². The average molecular weight is 405 g/mol. The van der Waals surface area contributed by atoms with Gasteiger partial charge in [0.2, 0.25) is 0 Å². The molecule has 2 rings (SSSR count). The molecule has 1 aliphatic carbocycles. The second kappa shape index (κ2) is 7.98. The van der Waals surface area contributed by atoms with Crippen LogP contribution in [0.5, 0.6) is 0 Å². The lowest BCUT2D eigenvalue weighted by Gasteiger charge is -2.19. The Bertz CT molecular complexity index is 814. The molecule has 0 aromatic heterocycles. The third-order valence-electron chi connectivity index (χ3n) is 4.17. The molecule has 0 atom stereocenters. The number of sulfone groups is 1. The van der Waals surface area contributed by atoms with Crippen molar-refractivity contribution in [3.63, 3.8) is 0 Å². The summed E-state index contributed by atoms with van der Waals surface area (Å²) in [5.41, 5.74) is -0.102. The number of ketones is 3. The molecule has 1 saturated carbocycles. The standard InChI is InChI=1S/C17H18Cl2O5S/c1-2-3-9-25(23,24)13-8-7-10(15(18)16(13)19)17(22)14-11(20)5-4-6-12(14)21/h7-8,14H,2-6,9H2,1H3. The Kier molecular flexibility index (Phi) is 6.40. The maximum Gasteiger partial charge on any atom is 0.182 e. The molecule has 0 bridgehead atoms. The Labute approximate surface area is 156 Å². The molecule has 1 aromatic rings. The lowest BCUT2D eigenvalue weighted by atomic mass is 9.81. The Balaban J connectivity index is 2.42. The highest BCUT2D eigenvalue weighted by molar-refractivity contribution is 7.91. The van der Waals surface area contributed by atoms with Crippen LogP contribution in [0.25, 0.3) is 0 Å². The van der Waals surface area contributed by atoms with E-state index in [1.165, 1.54) is 12.1 Å². The van der Waals surface area contributed by atoms with Gasteiger partial charge in [-0.25, -0.2) is 8.42 Å². The summed E-state index contributed by atoms with van der Waals surface area (Å²) in [6.07, 6.45) is 1.94. The first kappa shape index (κ1) is 20.1. The van der Waals surface area contributed by atoms with Crippen molar-refractivity contribution in [1.29, 1.82) is 0 Å². The van der Waals surface area contributed by atoms with E-state index in [4.69, 9.17) is 23.2 Å². The molecule has 136 valence electrons. The van der Waals surface area contributed by atoms with Crippen LogP contribution >= 0.6 is 23.2 Å². The van der Waals surface area contributed by atoms with Gasteiger partial charge in [0.1, 0.15) is 5.92 Å². The normalized spacial score (nSPS) is 16.3. The summed E-state index contributed by atoms with van der Waals surface area (Å²) in [6.45, 7) is 1.87. The largest absolute Gasteiger partial charge is 0.298 e. The van der Waals surface area contributed by atoms with E-state index in [-0.39, 0.29) is 39.1 Å². The van der Waals surface area contributed by atoms with E-state index in [1.54, 1.807) is 0 Å². The molecule has 1 aromatic carbocycles. The van der Waals surface area contributed by atoms with Crippen molar-refractivity contribution in [3.05, 3.63) is 27.7 Å². The third kappa shape index (κ3) is 4.13. The highest BCUT2D eigenvalue weighted by Gasteiger charge is 2.38. The van der Waals surface area contributed by atoms with Crippen LogP contribution in [-0.2, 0) is 19.4 Å². The van der Waals surface area contributed by atoms with Gasteiger partial charge in [0.15, 0.2) is 27.2 Å². The number of rotatable bonds is 6. The molecular weight excluding hydrogens is 387 g/mol. The maximum absolute atomic E-state index is 12.6. The van der Waals surface area contributed by atoms with Crippen LogP contribution in [0, 0.1) is 5.92 Å². The minimum atomic E-state index is -3.63. The molecule has 1 aliphatic rings. The van der Waals surface area contributed by atoms with Crippen molar-refractivity contribution < 1.29 is 22.8 Å². The summed E-state index contributed by atoms with van der Waals surface area (Å²) in [5.74, 6) is -3.04. The lowest BCUT2D eigenvalue weighted by Crippen LogP contribution is -2.35. The van der Waals surface area contributed by atoms with Crippen molar-refractivity contribution in [1.82, 2.24) is 0 Å². The van der Waals surface area contributed by atoms with Gasteiger partial charge in [-0.3, -0.25) is 14.4 Å². The van der Waals surface area contributed by atoms with Gasteiger partial charge in [-0.1, -0.05) is 36.5 Å². The smallest absolute Gasteiger partial charge is 0.182 e. The van der Waals surface area contributed by atoms with Gasteiger partial charge < -0.3 is 0 Å². The highest BCUT2D eigenvalue weighted by Crippen LogP contribution is 2.35. The second-order valence-corrected chi connectivity index (χ2v) is 8.83. The van der Waals surface area contributed by atoms with Crippen molar-refractivity contribution in [2.24, 2.45) is 5.92 Å². The number of carbonyl (C=O) groups excluding carboxylic acids is 3. The van der Waals surface area contributed by atoms with Crippen LogP contribution in [-0.4, -0.2) is 31.5 Å². The van der Waals surface area contributed by atoms with Crippen molar-refractivity contribution in [3.8, 4) is 0 Å². The molecule has 0 amide bonds. The zero-order chi connectivity index (χ0) is 18.8. The monoisotopic (exact) mass is 404 g/mol. The van der Waals surface area contributed by atoms with Crippen LogP contribution < -0.4 is 0 Å². The van der Waals surface area contributed by atoms with E-state index in [2.05, 4.69) is 0 Å². The Morgan fingerprint density at radius 3 is 2.28 bits per heavy atom. The summed E-state index contributed by atoms with van der Waals surface area (Å²) >= 11 is 12.2. The third-order valence-corrected chi connectivity index (χ3v) is 7.00. The first-order valence-corrected chi connectivity index (χ1v) is 10.4. The van der Waals surface area contributed by atoms with Gasteiger partial charge in [-0.05, 0) is 25.0 Å². The zero-order valence-electron chi connectivity index (χ0n) is 13.7. The van der Waals surface area contributed by atoms with Gasteiger partial charge in [-0.2, -0.15) is 0 Å². The van der Waals surface area contributed by atoms with Gasteiger partial charge in [0, 0.05) is 18.4 Å². The quantitative estimate of drug-likeness (QED) is 0.532. The van der Waals surface area contributed by atoms with E-state index in [0.717, 1.165) is 0 Å². The highest BCUT2D eigenvalue weighted by atomic mass is 35.5. The van der Waals surface area contributed by atoms with Crippen LogP contribution in [0.1, 0.15) is 49.4 Å². The zero-order valence-corrected chi connectivity index (χ0v) is 16.0. The maximum atomic E-state index is 12.6. The molecule has 25 heavy (non-hydrogen) atoms. The number of Topliss-reactive ketones (excluding diaryl/α,β-unsaturated/α-hetero) is 3. The molecule has 8 heteroatoms. The molecule has 0 unspecified atom stereocenters. The molecule has 0 spiro atoms. The van der Waals surface area contributed by atoms with E-state index in [1.807, 2.05) is 6.92 Å². The Hall–Kier alpha value is -1.24. The second-order valence-electron chi connectivity index (χ2n) is 6.00. The van der Waals surface area contributed by atoms with Crippen molar-refractivity contribution >= 4 is 50.4 Å². The first-order chi connectivity index (χ1) is 11.7. The molecule has 1 fully saturated rings. The number of hydrogen-bond donors (Lipinski definition) is 0. The number of unbranched alkanes of at least 4 members (excludes halogenated alkanes) is 1. The van der Waals surface area contributed by atoms with Gasteiger partial charge in [0.25, 0.3) is 0 Å². The molecule has 5 nitrogen and oxygen atoms in total. The molecule has 0 aliphatic heterocycles. The average Bonchev–Trinajstić information content (AvgIpc) is 2.55. The number of carbonyl (C=O) groups is 3. The fourth-order valence-corrected chi connectivity index (χ4v) is 5.13. The SMILES string of the molecule is CCCCS(=O)(=O)c1ccc(C(=O)C2C(=O)CCCC2=O)c(Cl)c1Cl. The lowest BCUT2D eigenvalue weighted by molar-refractivity contribution is -0.133. The van der Waals surface area contributed by atoms with Crippen molar-refractivity contribution in [2.75, 3.05) is 5.75 Å². The van der Waals surface area contributed by atoms with Gasteiger partial charge in [0.05, 0.1) is 20.7 Å². The number of halogens is 2. The van der Waals surface area contributed by atoms with E-state index < -0.39 is 33.1 Å². The van der Waals surface area contributed by atoms with E-state index >= 15 is 0 Å². The molecule has 0 N–H and O–H groups in total. The Morgan fingerprint density at radius 1 is 1.12 bits per heavy atom. The Morgan fingerprint density at radius 2 is 1.72 bits per heavy atom. The van der Waals surface area contributed by atoms with Crippen LogP contribution in [0.3, 0.4) is 0 Å². The summed E-state index contributed by atoms with van der Waals surface area (Å²) in [5, 5.41) is -0.491. The fraction of sp³-hybridized carbons (Fsp3) is 0.471. The first-order valence-electron chi connectivity index (χ1n) is 8.01. The summed E-state index contributed by atoms with van der Waals surface area (Å²) in [7, 11) is -3.63. The molecule has 0 saturated heterocycles. The van der Waals surface area contributed by atoms with E-state index in [9.17, 15) is 22.8 Å². The topological polar surface area (TPSA) is 85.3 Å². The predicted octanol–water partition coefficient (Wildman–Crippen LogP) is 3.69.